The lowest BCUT2D eigenvalue weighted by Crippen LogP contribution is -1.79. The zero-order valence-electron chi connectivity index (χ0n) is 11.4. The second-order valence-electron chi connectivity index (χ2n) is 4.51. The predicted octanol–water partition coefficient (Wildman–Crippen LogP) is 5.22. The molecule has 0 N–H and O–H groups in total. The Hall–Kier alpha value is -0.850. The van der Waals surface area contributed by atoms with E-state index in [4.69, 9.17) is 0 Å². The molecule has 0 heterocycles. The summed E-state index contributed by atoms with van der Waals surface area (Å²) in [5.74, 6) is 0. The second kappa shape index (κ2) is 15.1. The highest BCUT2D eigenvalue weighted by molar-refractivity contribution is 5.48. The van der Waals surface area contributed by atoms with E-state index in [1.165, 1.54) is 51.4 Å². The highest BCUT2D eigenvalue weighted by Gasteiger charge is 1.88. The van der Waals surface area contributed by atoms with E-state index >= 15 is 0 Å². The lowest BCUT2D eigenvalue weighted by Gasteiger charge is -1.96. The Bertz CT molecular complexity index is 204. The van der Waals surface area contributed by atoms with Crippen LogP contribution in [0, 0.1) is 0 Å². The molecule has 0 aliphatic heterocycles. The fourth-order valence-corrected chi connectivity index (χ4v) is 1.69. The topological polar surface area (TPSA) is 17.1 Å². The predicted molar refractivity (Wildman–Crippen MR) is 76.2 cm³/mol. The molecule has 0 amide bonds. The van der Waals surface area contributed by atoms with Gasteiger partial charge in [-0.1, -0.05) is 63.3 Å². The molecule has 0 aromatic carbocycles. The van der Waals surface area contributed by atoms with Crippen LogP contribution in [0.25, 0.3) is 0 Å². The molecule has 0 radical (unpaired) electrons. The number of hydrogen-bond donors (Lipinski definition) is 0. The van der Waals surface area contributed by atoms with Crippen molar-refractivity contribution >= 4 is 6.29 Å². The molecule has 0 saturated carbocycles. The Balaban J connectivity index is 3.13. The van der Waals surface area contributed by atoms with E-state index in [0.29, 0.717) is 0 Å². The third-order valence-electron chi connectivity index (χ3n) is 2.80. The Kier molecular flexibility index (Phi) is 14.4. The second-order valence-corrected chi connectivity index (χ2v) is 4.51. The fraction of sp³-hybridized carbons (Fsp3) is 0.688. The molecule has 0 aliphatic rings. The number of hydrogen-bond acceptors (Lipinski definition) is 1. The Morgan fingerprint density at radius 2 is 1.24 bits per heavy atom. The van der Waals surface area contributed by atoms with Crippen molar-refractivity contribution in [1.82, 2.24) is 0 Å². The molecule has 0 unspecified atom stereocenters. The van der Waals surface area contributed by atoms with Crippen molar-refractivity contribution in [2.75, 3.05) is 0 Å². The van der Waals surface area contributed by atoms with Gasteiger partial charge in [0.05, 0.1) is 0 Å². The highest BCUT2D eigenvalue weighted by Crippen LogP contribution is 2.06. The van der Waals surface area contributed by atoms with Gasteiger partial charge in [-0.25, -0.2) is 0 Å². The van der Waals surface area contributed by atoms with Crippen LogP contribution in [0.3, 0.4) is 0 Å². The highest BCUT2D eigenvalue weighted by atomic mass is 16.1. The molecule has 0 spiro atoms. The van der Waals surface area contributed by atoms with Crippen LogP contribution in [-0.2, 0) is 4.79 Å². The maximum absolute atomic E-state index is 10.1. The van der Waals surface area contributed by atoms with E-state index in [1.54, 1.807) is 0 Å². The SMILES string of the molecule is CCCC/C=C\C=C/CCCCCCCC=O. The average Bonchev–Trinajstić information content (AvgIpc) is 2.35. The van der Waals surface area contributed by atoms with Crippen LogP contribution < -0.4 is 0 Å². The number of aldehydes is 1. The van der Waals surface area contributed by atoms with Gasteiger partial charge >= 0.3 is 0 Å². The van der Waals surface area contributed by atoms with Gasteiger partial charge in [-0.05, 0) is 25.7 Å². The first-order valence-corrected chi connectivity index (χ1v) is 7.17. The van der Waals surface area contributed by atoms with Gasteiger partial charge in [-0.15, -0.1) is 0 Å². The van der Waals surface area contributed by atoms with Gasteiger partial charge in [0.15, 0.2) is 0 Å². The summed E-state index contributed by atoms with van der Waals surface area (Å²) in [5, 5.41) is 0. The summed E-state index contributed by atoms with van der Waals surface area (Å²) >= 11 is 0. The molecule has 1 heteroatoms. The van der Waals surface area contributed by atoms with Gasteiger partial charge in [-0.3, -0.25) is 0 Å². The molecule has 1 nitrogen and oxygen atoms in total. The molecular formula is C16H28O. The van der Waals surface area contributed by atoms with Crippen molar-refractivity contribution < 1.29 is 4.79 Å². The van der Waals surface area contributed by atoms with Gasteiger partial charge in [0.2, 0.25) is 0 Å². The van der Waals surface area contributed by atoms with Gasteiger partial charge in [-0.2, -0.15) is 0 Å². The van der Waals surface area contributed by atoms with Crippen LogP contribution in [-0.4, -0.2) is 6.29 Å². The minimum atomic E-state index is 0.739. The molecule has 17 heavy (non-hydrogen) atoms. The molecule has 98 valence electrons. The van der Waals surface area contributed by atoms with E-state index in [-0.39, 0.29) is 0 Å². The van der Waals surface area contributed by atoms with Crippen LogP contribution in [0.4, 0.5) is 0 Å². The summed E-state index contributed by atoms with van der Waals surface area (Å²) in [4.78, 5) is 10.1. The first kappa shape index (κ1) is 16.1. The van der Waals surface area contributed by atoms with Crippen LogP contribution >= 0.6 is 0 Å². The van der Waals surface area contributed by atoms with Crippen molar-refractivity contribution in [2.24, 2.45) is 0 Å². The van der Waals surface area contributed by atoms with E-state index in [9.17, 15) is 4.79 Å². The maximum atomic E-state index is 10.1. The largest absolute Gasteiger partial charge is 0.303 e. The molecule has 0 fully saturated rings. The molecule has 0 bridgehead atoms. The summed E-state index contributed by atoms with van der Waals surface area (Å²) in [6.45, 7) is 2.22. The lowest BCUT2D eigenvalue weighted by atomic mass is 10.1. The molecule has 0 rings (SSSR count). The molecule has 0 aliphatic carbocycles. The smallest absolute Gasteiger partial charge is 0.119 e. The summed E-state index contributed by atoms with van der Waals surface area (Å²) in [7, 11) is 0. The van der Waals surface area contributed by atoms with Gasteiger partial charge in [0.1, 0.15) is 6.29 Å². The first-order chi connectivity index (χ1) is 8.41. The van der Waals surface area contributed by atoms with E-state index in [2.05, 4.69) is 31.2 Å². The van der Waals surface area contributed by atoms with Crippen molar-refractivity contribution in [3.63, 3.8) is 0 Å². The fourth-order valence-electron chi connectivity index (χ4n) is 1.69. The number of carbonyl (C=O) groups is 1. The molecule has 0 atom stereocenters. The Labute approximate surface area is 107 Å². The number of allylic oxidation sites excluding steroid dienone is 4. The van der Waals surface area contributed by atoms with E-state index < -0.39 is 0 Å². The lowest BCUT2D eigenvalue weighted by molar-refractivity contribution is -0.107. The molecule has 0 aromatic rings. The van der Waals surface area contributed by atoms with Crippen LogP contribution in [0.2, 0.25) is 0 Å². The Morgan fingerprint density at radius 1 is 0.706 bits per heavy atom. The van der Waals surface area contributed by atoms with Gasteiger partial charge in [0, 0.05) is 6.42 Å². The summed E-state index contributed by atoms with van der Waals surface area (Å²) in [6, 6.07) is 0. The third-order valence-corrected chi connectivity index (χ3v) is 2.80. The molecule has 0 saturated heterocycles. The Morgan fingerprint density at radius 3 is 1.82 bits per heavy atom. The zero-order chi connectivity index (χ0) is 12.6. The molecule has 0 aromatic heterocycles. The minimum absolute atomic E-state index is 0.739. The summed E-state index contributed by atoms with van der Waals surface area (Å²) in [5.41, 5.74) is 0. The van der Waals surface area contributed by atoms with Crippen molar-refractivity contribution in [3.8, 4) is 0 Å². The van der Waals surface area contributed by atoms with Crippen LogP contribution in [0.5, 0.6) is 0 Å². The quantitative estimate of drug-likeness (QED) is 0.258. The van der Waals surface area contributed by atoms with Crippen molar-refractivity contribution in [1.29, 1.82) is 0 Å². The number of rotatable bonds is 12. The molecular weight excluding hydrogens is 208 g/mol. The third kappa shape index (κ3) is 15.1. The number of carbonyl (C=O) groups excluding carboxylic acids is 1. The first-order valence-electron chi connectivity index (χ1n) is 7.17. The van der Waals surface area contributed by atoms with Crippen molar-refractivity contribution in [2.45, 2.75) is 71.1 Å². The average molecular weight is 236 g/mol. The van der Waals surface area contributed by atoms with Gasteiger partial charge in [0.25, 0.3) is 0 Å². The standard InChI is InChI=1S/C16H28O/c1-2-3-4-5-6-7-8-9-10-11-12-13-14-15-16-17/h5-8,16H,2-4,9-15H2,1H3/b6-5-,8-7-. The maximum Gasteiger partial charge on any atom is 0.119 e. The van der Waals surface area contributed by atoms with Crippen LogP contribution in [0.15, 0.2) is 24.3 Å². The normalized spacial score (nSPS) is 11.6. The van der Waals surface area contributed by atoms with E-state index in [1.807, 2.05) is 0 Å². The van der Waals surface area contributed by atoms with Crippen LogP contribution in [0.1, 0.15) is 71.1 Å². The monoisotopic (exact) mass is 236 g/mol. The van der Waals surface area contributed by atoms with E-state index in [0.717, 1.165) is 19.1 Å². The minimum Gasteiger partial charge on any atom is -0.303 e. The summed E-state index contributed by atoms with van der Waals surface area (Å²) < 4.78 is 0. The van der Waals surface area contributed by atoms with Gasteiger partial charge < -0.3 is 4.79 Å². The summed E-state index contributed by atoms with van der Waals surface area (Å²) in [6.07, 6.45) is 21.7. The van der Waals surface area contributed by atoms with Crippen molar-refractivity contribution in [3.05, 3.63) is 24.3 Å². The zero-order valence-corrected chi connectivity index (χ0v) is 11.4. The number of unbranched alkanes of at least 4 members (excludes halogenated alkanes) is 8.